The van der Waals surface area contributed by atoms with Crippen LogP contribution >= 0.6 is 23.4 Å². The van der Waals surface area contributed by atoms with Crippen LogP contribution in [0.3, 0.4) is 0 Å². The third-order valence-electron chi connectivity index (χ3n) is 7.42. The zero-order chi connectivity index (χ0) is 29.2. The van der Waals surface area contributed by atoms with E-state index in [-0.39, 0.29) is 24.0 Å². The van der Waals surface area contributed by atoms with Gasteiger partial charge in [-0.2, -0.15) is 0 Å². The first kappa shape index (κ1) is 29.7. The summed E-state index contributed by atoms with van der Waals surface area (Å²) < 4.78 is 11.7. The molecule has 0 N–H and O–H groups in total. The van der Waals surface area contributed by atoms with Crippen molar-refractivity contribution in [3.8, 4) is 11.5 Å². The molecule has 0 saturated carbocycles. The maximum absolute atomic E-state index is 13.8. The third kappa shape index (κ3) is 6.53. The highest BCUT2D eigenvalue weighted by Gasteiger charge is 2.42. The van der Waals surface area contributed by atoms with Gasteiger partial charge in [0.05, 0.1) is 0 Å². The van der Waals surface area contributed by atoms with Crippen molar-refractivity contribution in [2.24, 2.45) is 5.92 Å². The highest BCUT2D eigenvalue weighted by Crippen LogP contribution is 2.39. The van der Waals surface area contributed by atoms with E-state index < -0.39 is 17.6 Å². The molecule has 210 valence electrons. The smallest absolute Gasteiger partial charge is 0.415 e. The molecule has 0 unspecified atom stereocenters. The van der Waals surface area contributed by atoms with Crippen LogP contribution in [0.15, 0.2) is 65.6 Å². The molecule has 4 rings (SSSR count). The number of Topliss-reactive ketones (excluding diaryl/α,β-unsaturated/α-hetero) is 2. The van der Waals surface area contributed by atoms with Gasteiger partial charge in [-0.3, -0.25) is 9.59 Å². The van der Waals surface area contributed by atoms with E-state index in [4.69, 9.17) is 21.1 Å². The van der Waals surface area contributed by atoms with Crippen LogP contribution in [0.25, 0.3) is 0 Å². The Bertz CT molecular complexity index is 1400. The van der Waals surface area contributed by atoms with Gasteiger partial charge in [0.2, 0.25) is 0 Å². The summed E-state index contributed by atoms with van der Waals surface area (Å²) >= 11 is 7.58. The van der Waals surface area contributed by atoms with Crippen LogP contribution < -0.4 is 9.47 Å². The number of benzene rings is 3. The zero-order valence-corrected chi connectivity index (χ0v) is 25.2. The van der Waals surface area contributed by atoms with Gasteiger partial charge in [0, 0.05) is 40.4 Å². The summed E-state index contributed by atoms with van der Waals surface area (Å²) in [5.41, 5.74) is 2.30. The minimum atomic E-state index is -0.964. The molecule has 1 amide bonds. The minimum Gasteiger partial charge on any atom is -0.480 e. The van der Waals surface area contributed by atoms with E-state index in [9.17, 15) is 14.4 Å². The first-order valence-electron chi connectivity index (χ1n) is 13.1. The molecule has 8 heteroatoms. The lowest BCUT2D eigenvalue weighted by molar-refractivity contribution is -0.129. The Morgan fingerprint density at radius 1 is 0.950 bits per heavy atom. The summed E-state index contributed by atoms with van der Waals surface area (Å²) in [6.07, 6.45) is 1.47. The van der Waals surface area contributed by atoms with Crippen molar-refractivity contribution in [2.75, 3.05) is 19.3 Å². The van der Waals surface area contributed by atoms with Crippen molar-refractivity contribution in [3.05, 3.63) is 87.9 Å². The topological polar surface area (TPSA) is 72.9 Å². The Morgan fingerprint density at radius 2 is 1.55 bits per heavy atom. The number of thioether (sulfide) groups is 1. The first-order chi connectivity index (χ1) is 18.9. The molecule has 0 bridgehead atoms. The van der Waals surface area contributed by atoms with Gasteiger partial charge in [-0.1, -0.05) is 35.9 Å². The molecular weight excluding hydrogens is 546 g/mol. The lowest BCUT2D eigenvalue weighted by atomic mass is 9.82. The SMILES string of the molecule is CSc1ccc(C(=O)[C@@H]2CN(C(=O)Oc3ccc(Cl)cc3)C[C@H]2c2cc(C)c(OC(C)(C)C(C)=O)c(C)c2)cc1. The average molecular weight is 580 g/mol. The number of hydrogen-bond donors (Lipinski definition) is 0. The fourth-order valence-corrected chi connectivity index (χ4v) is 5.41. The maximum Gasteiger partial charge on any atom is 0.415 e. The lowest BCUT2D eigenvalue weighted by Crippen LogP contribution is -2.36. The zero-order valence-electron chi connectivity index (χ0n) is 23.6. The van der Waals surface area contributed by atoms with Gasteiger partial charge in [0.25, 0.3) is 0 Å². The molecule has 0 radical (unpaired) electrons. The predicted molar refractivity (Wildman–Crippen MR) is 159 cm³/mol. The lowest BCUT2D eigenvalue weighted by Gasteiger charge is -2.27. The van der Waals surface area contributed by atoms with Crippen LogP contribution in [0, 0.1) is 19.8 Å². The van der Waals surface area contributed by atoms with E-state index in [2.05, 4.69) is 0 Å². The summed E-state index contributed by atoms with van der Waals surface area (Å²) in [6, 6.07) is 18.1. The summed E-state index contributed by atoms with van der Waals surface area (Å²) in [7, 11) is 0. The quantitative estimate of drug-likeness (QED) is 0.203. The molecule has 1 aliphatic heterocycles. The predicted octanol–water partition coefficient (Wildman–Crippen LogP) is 7.52. The standard InChI is InChI=1S/C32H34ClNO5S/c1-19-15-23(16-20(2)30(19)39-32(4,5)21(3)35)27-17-34(31(37)38-25-11-9-24(33)10-12-25)18-28(27)29(36)22-7-13-26(40-6)14-8-22/h7-16,27-28H,17-18H2,1-6H3/t27-,28+/m0/s1. The van der Waals surface area contributed by atoms with Crippen LogP contribution in [-0.2, 0) is 4.79 Å². The van der Waals surface area contributed by atoms with E-state index in [1.165, 1.54) is 6.92 Å². The van der Waals surface area contributed by atoms with Gasteiger partial charge in [-0.25, -0.2) is 4.79 Å². The molecule has 1 saturated heterocycles. The van der Waals surface area contributed by atoms with E-state index >= 15 is 0 Å². The van der Waals surface area contributed by atoms with Crippen molar-refractivity contribution < 1.29 is 23.9 Å². The Morgan fingerprint density at radius 3 is 2.10 bits per heavy atom. The number of aryl methyl sites for hydroxylation is 2. The summed E-state index contributed by atoms with van der Waals surface area (Å²) in [5, 5.41) is 0.545. The maximum atomic E-state index is 13.8. The van der Waals surface area contributed by atoms with Crippen LogP contribution in [-0.4, -0.2) is 47.5 Å². The molecule has 2 atom stereocenters. The number of rotatable bonds is 8. The Hall–Kier alpha value is -3.29. The number of likely N-dealkylation sites (tertiary alicyclic amines) is 1. The van der Waals surface area contributed by atoms with Crippen molar-refractivity contribution >= 4 is 41.0 Å². The van der Waals surface area contributed by atoms with Gasteiger partial charge in [-0.15, -0.1) is 11.8 Å². The minimum absolute atomic E-state index is 0.0206. The third-order valence-corrected chi connectivity index (χ3v) is 8.42. The van der Waals surface area contributed by atoms with Gasteiger partial charge in [-0.05, 0) is 94.0 Å². The number of ether oxygens (including phenoxy) is 2. The molecule has 1 heterocycles. The highest BCUT2D eigenvalue weighted by molar-refractivity contribution is 7.98. The van der Waals surface area contributed by atoms with E-state index in [1.807, 2.05) is 56.5 Å². The summed E-state index contributed by atoms with van der Waals surface area (Å²) in [4.78, 5) is 41.8. The van der Waals surface area contributed by atoms with Crippen molar-refractivity contribution in [1.82, 2.24) is 4.90 Å². The normalized spacial score (nSPS) is 17.0. The summed E-state index contributed by atoms with van der Waals surface area (Å²) in [6.45, 7) is 9.43. The van der Waals surface area contributed by atoms with Gasteiger partial charge in [0.1, 0.15) is 11.5 Å². The average Bonchev–Trinajstić information content (AvgIpc) is 3.37. The van der Waals surface area contributed by atoms with Crippen LogP contribution in [0.5, 0.6) is 11.5 Å². The number of carbonyl (C=O) groups is 3. The first-order valence-corrected chi connectivity index (χ1v) is 14.7. The van der Waals surface area contributed by atoms with Crippen LogP contribution in [0.1, 0.15) is 53.7 Å². The van der Waals surface area contributed by atoms with Gasteiger partial charge in [0.15, 0.2) is 17.2 Å². The molecule has 0 aromatic heterocycles. The molecule has 1 aliphatic rings. The van der Waals surface area contributed by atoms with Crippen molar-refractivity contribution in [1.29, 1.82) is 0 Å². The number of amides is 1. The van der Waals surface area contributed by atoms with E-state index in [0.29, 0.717) is 28.6 Å². The second kappa shape index (κ2) is 12.1. The monoisotopic (exact) mass is 579 g/mol. The molecule has 6 nitrogen and oxygen atoms in total. The molecule has 0 aliphatic carbocycles. The number of carbonyl (C=O) groups excluding carboxylic acids is 3. The van der Waals surface area contributed by atoms with Crippen LogP contribution in [0.4, 0.5) is 4.79 Å². The second-order valence-electron chi connectivity index (χ2n) is 10.7. The number of nitrogens with zero attached hydrogens (tertiary/aromatic N) is 1. The highest BCUT2D eigenvalue weighted by atomic mass is 35.5. The molecular formula is C32H34ClNO5S. The number of hydrogen-bond acceptors (Lipinski definition) is 6. The molecule has 3 aromatic rings. The van der Waals surface area contributed by atoms with Crippen LogP contribution in [0.2, 0.25) is 5.02 Å². The molecule has 1 fully saturated rings. The fourth-order valence-electron chi connectivity index (χ4n) is 4.88. The molecule has 0 spiro atoms. The largest absolute Gasteiger partial charge is 0.480 e. The number of halogens is 1. The van der Waals surface area contributed by atoms with Gasteiger partial charge < -0.3 is 14.4 Å². The molecule has 3 aromatic carbocycles. The van der Waals surface area contributed by atoms with Crippen molar-refractivity contribution in [3.63, 3.8) is 0 Å². The second-order valence-corrected chi connectivity index (χ2v) is 12.0. The van der Waals surface area contributed by atoms with Gasteiger partial charge >= 0.3 is 6.09 Å². The van der Waals surface area contributed by atoms with Crippen molar-refractivity contribution in [2.45, 2.75) is 51.0 Å². The Kier molecular flexibility index (Phi) is 8.96. The molecule has 40 heavy (non-hydrogen) atoms. The van der Waals surface area contributed by atoms with E-state index in [1.54, 1.807) is 54.8 Å². The number of ketones is 2. The van der Waals surface area contributed by atoms with E-state index in [0.717, 1.165) is 21.6 Å². The fraction of sp³-hybridized carbons (Fsp3) is 0.344. The summed E-state index contributed by atoms with van der Waals surface area (Å²) in [5.74, 6) is 0.230. The Labute approximate surface area is 245 Å². The Balaban J connectivity index is 1.66.